The summed E-state index contributed by atoms with van der Waals surface area (Å²) in [5.74, 6) is 6.99. The highest BCUT2D eigenvalue weighted by Crippen LogP contribution is 2.84. The van der Waals surface area contributed by atoms with Crippen LogP contribution in [0.2, 0.25) is 0 Å². The first-order valence-corrected chi connectivity index (χ1v) is 33.0. The van der Waals surface area contributed by atoms with Gasteiger partial charge in [-0.25, -0.2) is 13.2 Å². The quantitative estimate of drug-likeness (QED) is 0.174. The molecule has 11 unspecified atom stereocenters. The van der Waals surface area contributed by atoms with Crippen molar-refractivity contribution < 1.29 is 51.4 Å². The van der Waals surface area contributed by atoms with E-state index in [0.717, 1.165) is 69.8 Å². The third-order valence-electron chi connectivity index (χ3n) is 30.3. The number of ketones is 2. The van der Waals surface area contributed by atoms with Crippen LogP contribution in [0.1, 0.15) is 177 Å². The first-order chi connectivity index (χ1) is 38.9. The van der Waals surface area contributed by atoms with Crippen LogP contribution in [-0.4, -0.2) is 64.8 Å². The van der Waals surface area contributed by atoms with Gasteiger partial charge in [-0.15, -0.1) is 0 Å². The molecular weight excluding hydrogens is 1040 g/mol. The van der Waals surface area contributed by atoms with Gasteiger partial charge in [0.15, 0.2) is 11.6 Å². The first-order valence-electron chi connectivity index (χ1n) is 33.0. The van der Waals surface area contributed by atoms with Crippen molar-refractivity contribution in [2.75, 3.05) is 0 Å². The van der Waals surface area contributed by atoms with Gasteiger partial charge in [-0.3, -0.25) is 24.0 Å². The molecule has 3 saturated heterocycles. The molecule has 3 heterocycles. The third kappa shape index (κ3) is 6.23. The Morgan fingerprint density at radius 3 is 1.54 bits per heavy atom. The molecule has 440 valence electrons. The molecule has 0 radical (unpaired) electrons. The van der Waals surface area contributed by atoms with Crippen molar-refractivity contribution in [2.24, 2.45) is 133 Å². The highest BCUT2D eigenvalue weighted by atomic mass is 19.1. The molecule has 3 aliphatic heterocycles. The lowest BCUT2D eigenvalue weighted by atomic mass is 9.44. The monoisotopic (exact) mass is 1120 g/mol. The van der Waals surface area contributed by atoms with E-state index in [-0.39, 0.29) is 91.2 Å². The van der Waals surface area contributed by atoms with Crippen LogP contribution in [0.3, 0.4) is 0 Å². The minimum atomic E-state index is -0.920. The average molecular weight is 1130 g/mol. The zero-order chi connectivity index (χ0) is 56.7. The summed E-state index contributed by atoms with van der Waals surface area (Å²) in [6.45, 7) is 15.7. The van der Waals surface area contributed by atoms with Crippen LogP contribution in [0.5, 0.6) is 0 Å². The standard InChI is InChI=1S/C24H29FO3.C24H31FO2.C23H27FO3/c1-22-5-3-11(26)7-15(22)12-8-13(12)19-20-14-9-16(14)24(6-4-18(27)28-24)23(20,2)10-17(25)21(19)22;1-13-6-8-22(2)14(10-13)4-5-15-20-16-11-17(16)24(9-7-19(26)27-24)23(20,3)12-18(25)21(15)22;1-21-7-5-13(25)9-12(21)3-4-14-19-15-10-16(15)23(8-6-18(26)27-23)22(19,2)11-17(24)20(14)21/h7,12-14,16-17,19-21H,3-6,8-10H2,1-2H3;4,10,15-18,20-21H,5-9,11-12H2,1-3H3;3-4,9,14-17,19-20H,5-8,10-11H2,1-2H3/t12?,13?,14-,16+,17+,19?,20?,21?,22+,23+,24+;15?,16-,17+,18+,20?,21?,22+,23+,24+;14?,15-,16+,17+,19?,20?,21+,22+,23+/m111/s1. The number of carbonyl (C=O) groups excluding carboxylic acids is 5. The molecule has 19 aliphatic rings. The predicted molar refractivity (Wildman–Crippen MR) is 299 cm³/mol. The molecule has 16 aliphatic carbocycles. The molecule has 0 aromatic carbocycles. The smallest absolute Gasteiger partial charge is 0.306 e. The summed E-state index contributed by atoms with van der Waals surface area (Å²) in [5.41, 5.74) is 2.91. The van der Waals surface area contributed by atoms with Gasteiger partial charge in [0, 0.05) is 83.9 Å². The van der Waals surface area contributed by atoms with Gasteiger partial charge in [0.2, 0.25) is 0 Å². The summed E-state index contributed by atoms with van der Waals surface area (Å²) in [4.78, 5) is 60.4. The number of carbonyl (C=O) groups is 5. The molecule has 0 amide bonds. The number of hydrogen-bond acceptors (Lipinski definition) is 8. The second-order valence-electron chi connectivity index (χ2n) is 33.1. The minimum Gasteiger partial charge on any atom is -0.458 e. The first kappa shape index (κ1) is 52.6. The van der Waals surface area contributed by atoms with Crippen LogP contribution >= 0.6 is 0 Å². The average Bonchev–Trinajstić information content (AvgIpc) is 1.50. The van der Waals surface area contributed by atoms with Crippen molar-refractivity contribution >= 4 is 29.5 Å². The molecular formula is C71H87F3O8. The maximum atomic E-state index is 16.1. The minimum absolute atomic E-state index is 0.0182. The van der Waals surface area contributed by atoms with Gasteiger partial charge < -0.3 is 14.2 Å². The molecule has 82 heavy (non-hydrogen) atoms. The van der Waals surface area contributed by atoms with Crippen LogP contribution in [0.25, 0.3) is 0 Å². The van der Waals surface area contributed by atoms with E-state index in [4.69, 9.17) is 14.2 Å². The van der Waals surface area contributed by atoms with Crippen molar-refractivity contribution in [3.63, 3.8) is 0 Å². The van der Waals surface area contributed by atoms with Crippen molar-refractivity contribution in [2.45, 2.75) is 212 Å². The molecule has 0 aromatic rings. The number of rotatable bonds is 0. The zero-order valence-corrected chi connectivity index (χ0v) is 49.6. The molecule has 3 spiro atoms. The fraction of sp³-hybridized carbons (Fsp3) is 0.789. The third-order valence-corrected chi connectivity index (χ3v) is 30.3. The number of allylic oxidation sites excluding steroid dienone is 9. The Morgan fingerprint density at radius 2 is 0.951 bits per heavy atom. The topological polar surface area (TPSA) is 113 Å². The fourth-order valence-corrected chi connectivity index (χ4v) is 27.1. The number of halogens is 3. The number of hydrogen-bond donors (Lipinski definition) is 0. The molecule has 0 N–H and O–H groups in total. The van der Waals surface area contributed by atoms with Gasteiger partial charge in [-0.05, 0) is 208 Å². The summed E-state index contributed by atoms with van der Waals surface area (Å²) in [6, 6.07) is 0. The Balaban J connectivity index is 0.0000000976. The number of ether oxygens (including phenoxy) is 3. The Labute approximate surface area is 482 Å². The van der Waals surface area contributed by atoms with Crippen LogP contribution in [0.4, 0.5) is 13.2 Å². The number of fused-ring (bicyclic) bond motifs is 30. The van der Waals surface area contributed by atoms with Gasteiger partial charge in [0.05, 0.1) is 0 Å². The summed E-state index contributed by atoms with van der Waals surface area (Å²) in [6.07, 6.45) is 26.2. The van der Waals surface area contributed by atoms with Gasteiger partial charge in [-0.2, -0.15) is 0 Å². The van der Waals surface area contributed by atoms with Crippen LogP contribution in [0.15, 0.2) is 58.7 Å². The van der Waals surface area contributed by atoms with E-state index >= 15 is 13.2 Å². The van der Waals surface area contributed by atoms with Crippen molar-refractivity contribution in [1.82, 2.24) is 0 Å². The largest absolute Gasteiger partial charge is 0.458 e. The number of alkyl halides is 3. The normalized spacial score (nSPS) is 59.5. The second kappa shape index (κ2) is 16.2. The molecule has 0 aromatic heterocycles. The van der Waals surface area contributed by atoms with Gasteiger partial charge in [0.1, 0.15) is 35.3 Å². The van der Waals surface area contributed by atoms with Crippen LogP contribution in [0, 0.1) is 133 Å². The van der Waals surface area contributed by atoms with Gasteiger partial charge in [-0.1, -0.05) is 77.0 Å². The van der Waals surface area contributed by atoms with Crippen LogP contribution < -0.4 is 0 Å². The Kier molecular flexibility index (Phi) is 10.4. The van der Waals surface area contributed by atoms with Crippen LogP contribution in [-0.2, 0) is 38.2 Å². The lowest BCUT2D eigenvalue weighted by molar-refractivity contribution is -0.188. The molecule has 11 saturated carbocycles. The lowest BCUT2D eigenvalue weighted by Crippen LogP contribution is -2.61. The molecule has 14 fully saturated rings. The Morgan fingerprint density at radius 1 is 0.463 bits per heavy atom. The maximum Gasteiger partial charge on any atom is 0.306 e. The SMILES string of the molecule is CC1=CC2=CCC3C([C@@H](F)C[C@@]4(C)C3[C@@H]3C[C@@H]3[C@@]43CCC(=O)O3)[C@@]2(C)CC1.C[C@]12CCC(=O)C=C1C1CC1C1C2[C@@H](F)C[C@@]2(C)C1[C@@H]1C[C@@H]1[C@@]21CCC(=O)O1.C[C@]12CCC(=O)C=C1C=CC1C2[C@@H](F)C[C@@]2(C)C1[C@@H]1C[C@@H]1[C@@]21CCC(=O)O1. The van der Waals surface area contributed by atoms with E-state index in [1.54, 1.807) is 6.08 Å². The van der Waals surface area contributed by atoms with E-state index in [1.165, 1.54) is 29.6 Å². The second-order valence-corrected chi connectivity index (χ2v) is 33.1. The summed E-state index contributed by atoms with van der Waals surface area (Å²) < 4.78 is 66.2. The van der Waals surface area contributed by atoms with Gasteiger partial charge in [0.25, 0.3) is 0 Å². The van der Waals surface area contributed by atoms with Crippen molar-refractivity contribution in [3.05, 3.63) is 58.7 Å². The molecule has 0 bridgehead atoms. The predicted octanol–water partition coefficient (Wildman–Crippen LogP) is 13.8. The summed E-state index contributed by atoms with van der Waals surface area (Å²) in [7, 11) is 0. The Bertz CT molecular complexity index is 3140. The van der Waals surface area contributed by atoms with E-state index in [9.17, 15) is 24.0 Å². The maximum absolute atomic E-state index is 16.1. The summed E-state index contributed by atoms with van der Waals surface area (Å²) in [5, 5.41) is 0. The summed E-state index contributed by atoms with van der Waals surface area (Å²) >= 11 is 0. The number of esters is 3. The van der Waals surface area contributed by atoms with Crippen molar-refractivity contribution in [1.29, 1.82) is 0 Å². The van der Waals surface area contributed by atoms with Gasteiger partial charge >= 0.3 is 17.9 Å². The zero-order valence-electron chi connectivity index (χ0n) is 49.6. The van der Waals surface area contributed by atoms with Crippen molar-refractivity contribution in [3.8, 4) is 0 Å². The van der Waals surface area contributed by atoms with E-state index in [2.05, 4.69) is 72.8 Å². The highest BCUT2D eigenvalue weighted by molar-refractivity contribution is 5.92. The molecule has 11 heteroatoms. The molecule has 8 nitrogen and oxygen atoms in total. The van der Waals surface area contributed by atoms with E-state index in [1.807, 2.05) is 6.08 Å². The fourth-order valence-electron chi connectivity index (χ4n) is 27.1. The Hall–Kier alpha value is -3.76. The van der Waals surface area contributed by atoms with E-state index < -0.39 is 29.7 Å². The molecule has 29 atom stereocenters. The molecule has 19 rings (SSSR count). The lowest BCUT2D eigenvalue weighted by Gasteiger charge is -2.61. The van der Waals surface area contributed by atoms with E-state index in [0.29, 0.717) is 128 Å². The highest BCUT2D eigenvalue weighted by Gasteiger charge is 2.84.